The van der Waals surface area contributed by atoms with Gasteiger partial charge in [-0.05, 0) is 20.8 Å². The van der Waals surface area contributed by atoms with E-state index >= 15 is 0 Å². The van der Waals surface area contributed by atoms with Gasteiger partial charge in [-0.3, -0.25) is 4.57 Å². The molecule has 0 aromatic carbocycles. The van der Waals surface area contributed by atoms with Gasteiger partial charge in [0.15, 0.2) is 5.91 Å². The summed E-state index contributed by atoms with van der Waals surface area (Å²) < 4.78 is 33.3. The van der Waals surface area contributed by atoms with Gasteiger partial charge in [0, 0.05) is 0 Å². The minimum absolute atomic E-state index is 0.200. The normalized spacial score (nSPS) is 14.9. The minimum atomic E-state index is -3.46. The zero-order valence-corrected chi connectivity index (χ0v) is 7.94. The third kappa shape index (κ3) is 3.32. The monoisotopic (exact) mass is 184 g/mol. The first-order valence-electron chi connectivity index (χ1n) is 3.59. The third-order valence-corrected chi connectivity index (χ3v) is 3.16. The number of halogens is 1. The van der Waals surface area contributed by atoms with Crippen LogP contribution in [0.25, 0.3) is 0 Å². The summed E-state index contributed by atoms with van der Waals surface area (Å²) in [6.45, 7) is 4.87. The van der Waals surface area contributed by atoms with Gasteiger partial charge in [0.05, 0.1) is 13.2 Å². The van der Waals surface area contributed by atoms with Gasteiger partial charge in [-0.1, -0.05) is 0 Å². The molecule has 11 heavy (non-hydrogen) atoms. The van der Waals surface area contributed by atoms with Gasteiger partial charge in [-0.25, -0.2) is 4.39 Å². The van der Waals surface area contributed by atoms with Gasteiger partial charge in [-0.15, -0.1) is 0 Å². The Morgan fingerprint density at radius 1 is 1.36 bits per heavy atom. The highest BCUT2D eigenvalue weighted by atomic mass is 31.2. The molecule has 1 atom stereocenters. The molecular formula is C6H14FO3P. The first-order valence-corrected chi connectivity index (χ1v) is 5.20. The lowest BCUT2D eigenvalue weighted by Gasteiger charge is -2.17. The van der Waals surface area contributed by atoms with Crippen LogP contribution in [0.4, 0.5) is 4.39 Å². The van der Waals surface area contributed by atoms with Crippen LogP contribution in [-0.4, -0.2) is 19.1 Å². The maximum absolute atomic E-state index is 12.6. The summed E-state index contributed by atoms with van der Waals surface area (Å²) >= 11 is 0. The van der Waals surface area contributed by atoms with Crippen LogP contribution in [0.2, 0.25) is 0 Å². The molecule has 0 rings (SSSR count). The smallest absolute Gasteiger partial charge is 0.307 e. The van der Waals surface area contributed by atoms with Crippen molar-refractivity contribution in [1.29, 1.82) is 0 Å². The van der Waals surface area contributed by atoms with Crippen LogP contribution in [0.5, 0.6) is 0 Å². The van der Waals surface area contributed by atoms with Crippen molar-refractivity contribution in [3.63, 3.8) is 0 Å². The fourth-order valence-corrected chi connectivity index (χ4v) is 1.81. The molecule has 0 saturated carbocycles. The van der Waals surface area contributed by atoms with Crippen molar-refractivity contribution in [3.8, 4) is 0 Å². The highest BCUT2D eigenvalue weighted by Crippen LogP contribution is 2.53. The molecule has 0 heterocycles. The second-order valence-electron chi connectivity index (χ2n) is 1.95. The number of hydrogen-bond acceptors (Lipinski definition) is 3. The van der Waals surface area contributed by atoms with E-state index in [1.807, 2.05) is 0 Å². The molecule has 0 aliphatic rings. The predicted molar refractivity (Wildman–Crippen MR) is 41.4 cm³/mol. The van der Waals surface area contributed by atoms with Gasteiger partial charge in [-0.2, -0.15) is 0 Å². The van der Waals surface area contributed by atoms with Crippen molar-refractivity contribution < 1.29 is 18.0 Å². The Hall–Kier alpha value is 0.0800. The van der Waals surface area contributed by atoms with E-state index in [1.54, 1.807) is 13.8 Å². The van der Waals surface area contributed by atoms with Crippen LogP contribution in [0.3, 0.4) is 0 Å². The Morgan fingerprint density at radius 2 is 1.73 bits per heavy atom. The van der Waals surface area contributed by atoms with Crippen LogP contribution in [0.1, 0.15) is 20.8 Å². The van der Waals surface area contributed by atoms with Crippen LogP contribution >= 0.6 is 7.60 Å². The molecule has 0 aliphatic carbocycles. The summed E-state index contributed by atoms with van der Waals surface area (Å²) in [7, 11) is -3.46. The van der Waals surface area contributed by atoms with E-state index in [2.05, 4.69) is 9.05 Å². The molecule has 0 aliphatic heterocycles. The number of rotatable bonds is 5. The number of hydrogen-bond donors (Lipinski definition) is 0. The van der Waals surface area contributed by atoms with Gasteiger partial charge >= 0.3 is 7.60 Å². The first kappa shape index (κ1) is 11.1. The van der Waals surface area contributed by atoms with Gasteiger partial charge in [0.25, 0.3) is 0 Å². The maximum Gasteiger partial charge on any atom is 0.364 e. The van der Waals surface area contributed by atoms with Crippen molar-refractivity contribution in [1.82, 2.24) is 0 Å². The molecule has 0 radical (unpaired) electrons. The fraction of sp³-hybridized carbons (Fsp3) is 1.00. The van der Waals surface area contributed by atoms with Crippen LogP contribution < -0.4 is 0 Å². The summed E-state index contributed by atoms with van der Waals surface area (Å²) in [5, 5.41) is 0. The molecule has 0 spiro atoms. The highest BCUT2D eigenvalue weighted by Gasteiger charge is 2.31. The van der Waals surface area contributed by atoms with Gasteiger partial charge < -0.3 is 9.05 Å². The molecular weight excluding hydrogens is 170 g/mol. The zero-order valence-electron chi connectivity index (χ0n) is 7.04. The lowest BCUT2D eigenvalue weighted by molar-refractivity contribution is 0.193. The van der Waals surface area contributed by atoms with E-state index in [4.69, 9.17) is 0 Å². The van der Waals surface area contributed by atoms with E-state index < -0.39 is 13.5 Å². The molecule has 68 valence electrons. The Morgan fingerprint density at radius 3 is 1.91 bits per heavy atom. The Labute approximate surface area is 66.4 Å². The van der Waals surface area contributed by atoms with E-state index in [-0.39, 0.29) is 13.2 Å². The molecule has 0 saturated heterocycles. The van der Waals surface area contributed by atoms with Gasteiger partial charge in [0.2, 0.25) is 0 Å². The largest absolute Gasteiger partial charge is 0.364 e. The van der Waals surface area contributed by atoms with Gasteiger partial charge in [0.1, 0.15) is 0 Å². The molecule has 3 nitrogen and oxygen atoms in total. The Balaban J connectivity index is 4.14. The maximum atomic E-state index is 12.6. The van der Waals surface area contributed by atoms with E-state index in [0.717, 1.165) is 0 Å². The Kier molecular flexibility index (Phi) is 4.89. The quantitative estimate of drug-likeness (QED) is 0.616. The first-order chi connectivity index (χ1) is 5.06. The SMILES string of the molecule is CCOP(=O)(OCC)[C@@H](C)F. The van der Waals surface area contributed by atoms with E-state index in [9.17, 15) is 8.96 Å². The second-order valence-corrected chi connectivity index (χ2v) is 4.26. The molecule has 0 amide bonds. The predicted octanol–water partition coefficient (Wildman–Crippen LogP) is 2.57. The van der Waals surface area contributed by atoms with Crippen molar-refractivity contribution in [2.24, 2.45) is 0 Å². The summed E-state index contributed by atoms with van der Waals surface area (Å²) in [6, 6.07) is 0. The zero-order chi connectivity index (χ0) is 8.91. The fourth-order valence-electron chi connectivity index (χ4n) is 0.603. The molecule has 0 fully saturated rings. The average Bonchev–Trinajstić information content (AvgIpc) is 1.88. The van der Waals surface area contributed by atoms with Crippen LogP contribution in [0, 0.1) is 0 Å². The minimum Gasteiger partial charge on any atom is -0.307 e. The summed E-state index contributed by atoms with van der Waals surface area (Å²) in [5.74, 6) is -1.55. The second kappa shape index (κ2) is 4.86. The molecule has 0 aromatic rings. The molecule has 5 heteroatoms. The van der Waals surface area contributed by atoms with E-state index in [1.165, 1.54) is 6.92 Å². The molecule has 0 N–H and O–H groups in total. The number of alkyl halides is 1. The molecule has 0 unspecified atom stereocenters. The van der Waals surface area contributed by atoms with Crippen LogP contribution in [0.15, 0.2) is 0 Å². The lowest BCUT2D eigenvalue weighted by Crippen LogP contribution is -2.04. The average molecular weight is 184 g/mol. The van der Waals surface area contributed by atoms with E-state index in [0.29, 0.717) is 0 Å². The van der Waals surface area contributed by atoms with Crippen molar-refractivity contribution in [2.75, 3.05) is 13.2 Å². The Bertz CT molecular complexity index is 139. The standard InChI is InChI=1S/C6H14FO3P/c1-4-9-11(8,6(3)7)10-5-2/h6H,4-5H2,1-3H3/t6-/m0/s1. The summed E-state index contributed by atoms with van der Waals surface area (Å²) in [5.41, 5.74) is 0. The molecule has 0 bridgehead atoms. The van der Waals surface area contributed by atoms with Crippen molar-refractivity contribution in [3.05, 3.63) is 0 Å². The summed E-state index contributed by atoms with van der Waals surface area (Å²) in [4.78, 5) is 0. The lowest BCUT2D eigenvalue weighted by atomic mass is 10.9. The van der Waals surface area contributed by atoms with Crippen molar-refractivity contribution >= 4 is 7.60 Å². The summed E-state index contributed by atoms with van der Waals surface area (Å²) in [6.07, 6.45) is 0. The highest BCUT2D eigenvalue weighted by molar-refractivity contribution is 7.54. The molecule has 0 aromatic heterocycles. The van der Waals surface area contributed by atoms with Crippen molar-refractivity contribution in [2.45, 2.75) is 26.7 Å². The topological polar surface area (TPSA) is 35.5 Å². The van der Waals surface area contributed by atoms with Crippen LogP contribution in [-0.2, 0) is 13.6 Å². The third-order valence-electron chi connectivity index (χ3n) is 1.05.